The van der Waals surface area contributed by atoms with Crippen molar-refractivity contribution >= 4 is 16.9 Å². The second-order valence-electron chi connectivity index (χ2n) is 5.27. The first-order chi connectivity index (χ1) is 9.11. The molecule has 19 heavy (non-hydrogen) atoms. The maximum absolute atomic E-state index is 13.2. The Labute approximate surface area is 110 Å². The SMILES string of the molecule is CC1CCC(Nc2cnc3cc(F)c(F)cc3n2)C1. The Balaban J connectivity index is 1.87. The molecule has 0 amide bonds. The van der Waals surface area contributed by atoms with Crippen LogP contribution in [0.15, 0.2) is 18.3 Å². The number of anilines is 1. The molecule has 0 bridgehead atoms. The highest BCUT2D eigenvalue weighted by Gasteiger charge is 2.21. The van der Waals surface area contributed by atoms with Crippen LogP contribution in [0.3, 0.4) is 0 Å². The Morgan fingerprint density at radius 3 is 2.58 bits per heavy atom. The van der Waals surface area contributed by atoms with E-state index in [9.17, 15) is 8.78 Å². The molecule has 5 heteroatoms. The number of aromatic nitrogens is 2. The van der Waals surface area contributed by atoms with Gasteiger partial charge in [-0.1, -0.05) is 6.92 Å². The van der Waals surface area contributed by atoms with Crippen LogP contribution in [0.2, 0.25) is 0 Å². The first-order valence-electron chi connectivity index (χ1n) is 6.50. The Morgan fingerprint density at radius 1 is 1.16 bits per heavy atom. The molecule has 1 aliphatic carbocycles. The molecule has 1 N–H and O–H groups in total. The monoisotopic (exact) mass is 263 g/mol. The molecule has 2 unspecified atom stereocenters. The Kier molecular flexibility index (Phi) is 3.05. The van der Waals surface area contributed by atoms with Gasteiger partial charge in [-0.3, -0.25) is 4.98 Å². The largest absolute Gasteiger partial charge is 0.366 e. The molecule has 1 heterocycles. The quantitative estimate of drug-likeness (QED) is 0.901. The minimum absolute atomic E-state index is 0.365. The van der Waals surface area contributed by atoms with Crippen LogP contribution in [0, 0.1) is 17.6 Å². The number of nitrogens with zero attached hydrogens (tertiary/aromatic N) is 2. The van der Waals surface area contributed by atoms with Crippen molar-refractivity contribution in [2.24, 2.45) is 5.92 Å². The van der Waals surface area contributed by atoms with Crippen LogP contribution in [0.25, 0.3) is 11.0 Å². The van der Waals surface area contributed by atoms with Crippen molar-refractivity contribution in [2.75, 3.05) is 5.32 Å². The summed E-state index contributed by atoms with van der Waals surface area (Å²) in [6.45, 7) is 2.23. The fourth-order valence-electron chi connectivity index (χ4n) is 2.62. The summed E-state index contributed by atoms with van der Waals surface area (Å²) in [4.78, 5) is 8.40. The molecule has 0 radical (unpaired) electrons. The summed E-state index contributed by atoms with van der Waals surface area (Å²) in [5.41, 5.74) is 0.735. The highest BCUT2D eigenvalue weighted by atomic mass is 19.2. The molecule has 1 aliphatic rings. The summed E-state index contributed by atoms with van der Waals surface area (Å²) < 4.78 is 26.2. The molecule has 1 aromatic carbocycles. The number of rotatable bonds is 2. The average Bonchev–Trinajstić information content (AvgIpc) is 2.77. The normalized spacial score (nSPS) is 22.9. The van der Waals surface area contributed by atoms with E-state index in [0.29, 0.717) is 22.9 Å². The summed E-state index contributed by atoms with van der Waals surface area (Å²) in [7, 11) is 0. The van der Waals surface area contributed by atoms with Crippen LogP contribution in [0.5, 0.6) is 0 Å². The van der Waals surface area contributed by atoms with Gasteiger partial charge in [-0.15, -0.1) is 0 Å². The van der Waals surface area contributed by atoms with Crippen LogP contribution in [-0.4, -0.2) is 16.0 Å². The van der Waals surface area contributed by atoms with Crippen molar-refractivity contribution in [3.8, 4) is 0 Å². The Hall–Kier alpha value is -1.78. The van der Waals surface area contributed by atoms with Crippen LogP contribution >= 0.6 is 0 Å². The number of halogens is 2. The summed E-state index contributed by atoms with van der Waals surface area (Å²) >= 11 is 0. The first-order valence-corrected chi connectivity index (χ1v) is 6.50. The van der Waals surface area contributed by atoms with Gasteiger partial charge in [-0.05, 0) is 25.2 Å². The fourth-order valence-corrected chi connectivity index (χ4v) is 2.62. The molecule has 3 nitrogen and oxygen atoms in total. The maximum atomic E-state index is 13.2. The van der Waals surface area contributed by atoms with E-state index in [4.69, 9.17) is 0 Å². The lowest BCUT2D eigenvalue weighted by Gasteiger charge is -2.13. The van der Waals surface area contributed by atoms with Crippen LogP contribution in [0.4, 0.5) is 14.6 Å². The highest BCUT2D eigenvalue weighted by molar-refractivity contribution is 5.75. The van der Waals surface area contributed by atoms with E-state index in [1.165, 1.54) is 6.42 Å². The predicted molar refractivity (Wildman–Crippen MR) is 69.9 cm³/mol. The minimum Gasteiger partial charge on any atom is -0.366 e. The van der Waals surface area contributed by atoms with Gasteiger partial charge in [0.1, 0.15) is 5.82 Å². The molecule has 0 spiro atoms. The zero-order chi connectivity index (χ0) is 13.4. The lowest BCUT2D eigenvalue weighted by atomic mass is 10.1. The number of fused-ring (bicyclic) bond motifs is 1. The predicted octanol–water partition coefficient (Wildman–Crippen LogP) is 3.51. The van der Waals surface area contributed by atoms with Crippen LogP contribution in [0.1, 0.15) is 26.2 Å². The Bertz CT molecular complexity index is 615. The van der Waals surface area contributed by atoms with Gasteiger partial charge in [-0.25, -0.2) is 13.8 Å². The van der Waals surface area contributed by atoms with E-state index >= 15 is 0 Å². The van der Waals surface area contributed by atoms with Gasteiger partial charge in [0.15, 0.2) is 11.6 Å². The molecule has 2 aromatic rings. The molecule has 1 saturated carbocycles. The Morgan fingerprint density at radius 2 is 1.89 bits per heavy atom. The van der Waals surface area contributed by atoms with Gasteiger partial charge in [0, 0.05) is 18.2 Å². The number of hydrogen-bond acceptors (Lipinski definition) is 3. The van der Waals surface area contributed by atoms with Crippen LogP contribution in [-0.2, 0) is 0 Å². The summed E-state index contributed by atoms with van der Waals surface area (Å²) in [5.74, 6) is -0.448. The molecule has 1 aromatic heterocycles. The molecule has 0 aliphatic heterocycles. The molecule has 1 fully saturated rings. The van der Waals surface area contributed by atoms with Crippen molar-refractivity contribution in [3.05, 3.63) is 30.0 Å². The summed E-state index contributed by atoms with van der Waals surface area (Å²) in [6, 6.07) is 2.55. The van der Waals surface area contributed by atoms with Crippen molar-refractivity contribution in [3.63, 3.8) is 0 Å². The lowest BCUT2D eigenvalue weighted by Crippen LogP contribution is -2.16. The van der Waals surface area contributed by atoms with Crippen molar-refractivity contribution < 1.29 is 8.78 Å². The van der Waals surface area contributed by atoms with E-state index in [2.05, 4.69) is 22.2 Å². The second-order valence-corrected chi connectivity index (χ2v) is 5.27. The van der Waals surface area contributed by atoms with E-state index < -0.39 is 11.6 Å². The molecular formula is C14H15F2N3. The third-order valence-corrected chi connectivity index (χ3v) is 3.63. The third kappa shape index (κ3) is 2.50. The molecule has 3 rings (SSSR count). The van der Waals surface area contributed by atoms with Gasteiger partial charge in [-0.2, -0.15) is 0 Å². The molecule has 0 saturated heterocycles. The van der Waals surface area contributed by atoms with E-state index in [1.54, 1.807) is 6.20 Å². The van der Waals surface area contributed by atoms with Gasteiger partial charge in [0.2, 0.25) is 0 Å². The average molecular weight is 263 g/mol. The fraction of sp³-hybridized carbons (Fsp3) is 0.429. The smallest absolute Gasteiger partial charge is 0.161 e. The number of nitrogens with one attached hydrogen (secondary N) is 1. The molecular weight excluding hydrogens is 248 g/mol. The van der Waals surface area contributed by atoms with Crippen molar-refractivity contribution in [1.82, 2.24) is 9.97 Å². The van der Waals surface area contributed by atoms with E-state index in [1.807, 2.05) is 0 Å². The van der Waals surface area contributed by atoms with Crippen LogP contribution < -0.4 is 5.32 Å². The highest BCUT2D eigenvalue weighted by Crippen LogP contribution is 2.27. The van der Waals surface area contributed by atoms with E-state index in [0.717, 1.165) is 30.9 Å². The summed E-state index contributed by atoms with van der Waals surface area (Å²) in [6.07, 6.45) is 5.00. The lowest BCUT2D eigenvalue weighted by molar-refractivity contribution is 0.510. The van der Waals surface area contributed by atoms with Crippen molar-refractivity contribution in [2.45, 2.75) is 32.2 Å². The number of hydrogen-bond donors (Lipinski definition) is 1. The first kappa shape index (κ1) is 12.3. The van der Waals surface area contributed by atoms with E-state index in [-0.39, 0.29) is 0 Å². The summed E-state index contributed by atoms with van der Waals surface area (Å²) in [5, 5.41) is 3.31. The van der Waals surface area contributed by atoms with Gasteiger partial charge in [0.05, 0.1) is 17.2 Å². The topological polar surface area (TPSA) is 37.8 Å². The third-order valence-electron chi connectivity index (χ3n) is 3.63. The standard InChI is InChI=1S/C14H15F2N3/c1-8-2-3-9(4-8)18-14-7-17-12-5-10(15)11(16)6-13(12)19-14/h5-9H,2-4H2,1H3,(H,18,19). The zero-order valence-corrected chi connectivity index (χ0v) is 10.7. The maximum Gasteiger partial charge on any atom is 0.161 e. The zero-order valence-electron chi connectivity index (χ0n) is 10.7. The number of benzene rings is 1. The minimum atomic E-state index is -0.896. The van der Waals surface area contributed by atoms with Gasteiger partial charge < -0.3 is 5.32 Å². The molecule has 100 valence electrons. The second kappa shape index (κ2) is 4.72. The molecule has 2 atom stereocenters. The van der Waals surface area contributed by atoms with Gasteiger partial charge >= 0.3 is 0 Å². The van der Waals surface area contributed by atoms with Gasteiger partial charge in [0.25, 0.3) is 0 Å². The van der Waals surface area contributed by atoms with Crippen molar-refractivity contribution in [1.29, 1.82) is 0 Å².